The van der Waals surface area contributed by atoms with Gasteiger partial charge in [-0.3, -0.25) is 0 Å². The third kappa shape index (κ3) is 150. The van der Waals surface area contributed by atoms with Crippen LogP contribution in [0, 0.1) is 0 Å². The first-order valence-corrected chi connectivity index (χ1v) is 29.8. The van der Waals surface area contributed by atoms with Gasteiger partial charge in [0.2, 0.25) is 0 Å². The molecule has 0 aromatic carbocycles. The van der Waals surface area contributed by atoms with Crippen molar-refractivity contribution in [2.24, 2.45) is 0 Å². The van der Waals surface area contributed by atoms with Crippen LogP contribution in [0.4, 0.5) is 0 Å². The van der Waals surface area contributed by atoms with Gasteiger partial charge in [-0.05, 0) is 77.0 Å². The third-order valence-corrected chi connectivity index (χ3v) is 11.9. The first-order valence-electron chi connectivity index (χ1n) is 29.8. The Morgan fingerprint density at radius 2 is 0.244 bits per heavy atom. The molecule has 0 aromatic rings. The molecule has 0 atom stereocenters. The van der Waals surface area contributed by atoms with Crippen molar-refractivity contribution in [1.82, 2.24) is 0 Å². The average molecular weight is 1260 g/mol. The second kappa shape index (κ2) is 108. The van der Waals surface area contributed by atoms with Crippen molar-refractivity contribution >= 4 is 35.8 Å². The minimum Gasteiger partial charge on any atom is -0.550 e. The molecule has 78 heavy (non-hydrogen) atoms. The van der Waals surface area contributed by atoms with Gasteiger partial charge < -0.3 is 59.4 Å². The number of hydrogen-bond donors (Lipinski definition) is 0. The molecule has 0 saturated heterocycles. The molecule has 0 amide bonds. The molecular weight excluding hydrogens is 1150 g/mol. The zero-order valence-corrected chi connectivity index (χ0v) is 72.6. The summed E-state index contributed by atoms with van der Waals surface area (Å²) in [5.74, 6) is -5.48. The van der Waals surface area contributed by atoms with Crippen LogP contribution in [0.1, 0.15) is 350 Å². The van der Waals surface area contributed by atoms with E-state index in [2.05, 4.69) is 41.5 Å². The first-order chi connectivity index (χ1) is 34.6. The van der Waals surface area contributed by atoms with Gasteiger partial charge in [0.1, 0.15) is 0 Å². The van der Waals surface area contributed by atoms with E-state index < -0.39 is 35.8 Å². The fraction of sp³-hybridized carbons (Fsp3) is 0.900. The summed E-state index contributed by atoms with van der Waals surface area (Å²) in [5.41, 5.74) is 0. The number of carboxylic acids is 6. The molecule has 0 bridgehead atoms. The summed E-state index contributed by atoms with van der Waals surface area (Å²) in [5, 5.41) is 60.1. The molecule has 0 spiro atoms. The van der Waals surface area contributed by atoms with E-state index in [1.54, 1.807) is 0 Å². The molecule has 0 radical (unpaired) electrons. The number of rotatable bonds is 48. The predicted molar refractivity (Wildman–Crippen MR) is 286 cm³/mol. The normalized spacial score (nSPS) is 9.31. The molecule has 0 fully saturated rings. The van der Waals surface area contributed by atoms with Gasteiger partial charge in [0.05, 0.1) is 0 Å². The van der Waals surface area contributed by atoms with Crippen LogP contribution in [0.3, 0.4) is 0 Å². The van der Waals surface area contributed by atoms with Gasteiger partial charge in [-0.25, -0.2) is 0 Å². The number of carbonyl (C=O) groups excluding carboxylic acids is 6. The Hall–Kier alpha value is 6.64. The van der Waals surface area contributed by atoms with Crippen LogP contribution in [0.25, 0.3) is 0 Å². The van der Waals surface area contributed by atoms with Crippen LogP contribution < -0.4 is 339 Å². The van der Waals surface area contributed by atoms with Gasteiger partial charge in [0, 0.05) is 35.8 Å². The zero-order valence-electron chi connectivity index (χ0n) is 53.8. The number of hydrogen-bond acceptors (Lipinski definition) is 12. The molecule has 0 N–H and O–H groups in total. The van der Waals surface area contributed by atoms with E-state index in [0.29, 0.717) is 0 Å². The number of unbranched alkanes of at least 4 members (excludes halogenated alkanes) is 36. The maximum Gasteiger partial charge on any atom is 1.00 e. The Kier molecular flexibility index (Phi) is 156. The molecule has 0 aromatic heterocycles. The summed E-state index contributed by atoms with van der Waals surface area (Å²) < 4.78 is 0. The summed E-state index contributed by atoms with van der Waals surface area (Å²) in [4.78, 5) is 60.1. The molecule has 0 aliphatic heterocycles. The molecule has 18 heteroatoms. The molecule has 0 aliphatic carbocycles. The molecular formula is C60H114K6O12. The summed E-state index contributed by atoms with van der Waals surface area (Å²) in [6, 6.07) is 0. The second-order valence-electron chi connectivity index (χ2n) is 19.5. The average Bonchev–Trinajstić information content (AvgIpc) is 3.33. The SMILES string of the molecule is CCCCCCCCCC(=O)[O-].CCCCCCCCCC(=O)[O-].CCCCCCCCCC(=O)[O-].CCCCCCCCCC(=O)[O-].CCCCCCCCCC(=O)[O-].CCCCCCCCCC(=O)[O-].[K+].[K+].[K+].[K+].[K+].[K+]. The Morgan fingerprint density at radius 1 is 0.167 bits per heavy atom. The van der Waals surface area contributed by atoms with Crippen LogP contribution in [0.5, 0.6) is 0 Å². The van der Waals surface area contributed by atoms with Crippen LogP contribution in [-0.2, 0) is 28.8 Å². The van der Waals surface area contributed by atoms with Crippen LogP contribution >= 0.6 is 0 Å². The second-order valence-corrected chi connectivity index (χ2v) is 19.5. The summed E-state index contributed by atoms with van der Waals surface area (Å²) in [7, 11) is 0. The monoisotopic (exact) mass is 1260 g/mol. The van der Waals surface area contributed by atoms with E-state index >= 15 is 0 Å². The Bertz CT molecular complexity index is 910. The minimum absolute atomic E-state index is 0. The Labute approximate surface area is 737 Å². The van der Waals surface area contributed by atoms with Crippen molar-refractivity contribution in [2.75, 3.05) is 0 Å². The van der Waals surface area contributed by atoms with Crippen molar-refractivity contribution < 1.29 is 368 Å². The Balaban J connectivity index is -0.0000000660. The van der Waals surface area contributed by atoms with E-state index in [1.807, 2.05) is 0 Å². The largest absolute Gasteiger partial charge is 1.00 e. The molecule has 12 nitrogen and oxygen atoms in total. The van der Waals surface area contributed by atoms with E-state index in [1.165, 1.54) is 193 Å². The number of carbonyl (C=O) groups is 6. The summed E-state index contributed by atoms with van der Waals surface area (Å²) in [6.07, 6.45) is 50.1. The number of carboxylic acid groups (broad SMARTS) is 6. The smallest absolute Gasteiger partial charge is 0.550 e. The zero-order chi connectivity index (χ0) is 55.4. The van der Waals surface area contributed by atoms with E-state index in [-0.39, 0.29) is 347 Å². The van der Waals surface area contributed by atoms with Crippen molar-refractivity contribution in [3.8, 4) is 0 Å². The molecule has 0 unspecified atom stereocenters. The van der Waals surface area contributed by atoms with E-state index in [9.17, 15) is 59.4 Å². The van der Waals surface area contributed by atoms with Crippen LogP contribution in [0.2, 0.25) is 0 Å². The molecule has 0 saturated carbocycles. The summed E-state index contributed by atoms with van der Waals surface area (Å²) in [6.45, 7) is 13.1. The molecule has 0 heterocycles. The van der Waals surface area contributed by atoms with Gasteiger partial charge >= 0.3 is 308 Å². The Morgan fingerprint density at radius 3 is 0.321 bits per heavy atom. The topological polar surface area (TPSA) is 241 Å². The first kappa shape index (κ1) is 112. The fourth-order valence-electron chi connectivity index (χ4n) is 7.36. The van der Waals surface area contributed by atoms with Gasteiger partial charge in [-0.15, -0.1) is 0 Å². The van der Waals surface area contributed by atoms with Gasteiger partial charge in [0.25, 0.3) is 0 Å². The number of aliphatic carboxylic acids is 6. The van der Waals surface area contributed by atoms with Crippen molar-refractivity contribution in [3.63, 3.8) is 0 Å². The van der Waals surface area contributed by atoms with Gasteiger partial charge in [-0.2, -0.15) is 0 Å². The standard InChI is InChI=1S/6C10H20O2.6K/c6*1-2-3-4-5-6-7-8-9-10(11)12;;;;;;/h6*2-9H2,1H3,(H,11,12);;;;;;/q;;;;;;6*+1/p-6. The third-order valence-electron chi connectivity index (χ3n) is 11.9. The van der Waals surface area contributed by atoms with E-state index in [4.69, 9.17) is 0 Å². The van der Waals surface area contributed by atoms with Crippen molar-refractivity contribution in [1.29, 1.82) is 0 Å². The van der Waals surface area contributed by atoms with Gasteiger partial charge in [0.15, 0.2) is 0 Å². The predicted octanol–water partition coefficient (Wildman–Crippen LogP) is -6.71. The fourth-order valence-corrected chi connectivity index (χ4v) is 7.36. The van der Waals surface area contributed by atoms with Crippen LogP contribution in [-0.4, -0.2) is 35.8 Å². The van der Waals surface area contributed by atoms with Crippen molar-refractivity contribution in [2.45, 2.75) is 350 Å². The quantitative estimate of drug-likeness (QED) is 0.0408. The van der Waals surface area contributed by atoms with E-state index in [0.717, 1.165) is 77.0 Å². The maximum atomic E-state index is 10.0. The maximum absolute atomic E-state index is 10.0. The van der Waals surface area contributed by atoms with Gasteiger partial charge in [-0.1, -0.05) is 273 Å². The molecule has 0 aliphatic rings. The minimum atomic E-state index is -0.913. The van der Waals surface area contributed by atoms with Crippen LogP contribution in [0.15, 0.2) is 0 Å². The summed E-state index contributed by atoms with van der Waals surface area (Å²) >= 11 is 0. The molecule has 432 valence electrons. The van der Waals surface area contributed by atoms with Crippen molar-refractivity contribution in [3.05, 3.63) is 0 Å². The molecule has 0 rings (SSSR count).